The molecule has 2 fully saturated rings. The number of aliphatic hydroxyl groups is 1. The summed E-state index contributed by atoms with van der Waals surface area (Å²) in [5, 5.41) is 9.32. The van der Waals surface area contributed by atoms with Gasteiger partial charge in [-0.25, -0.2) is 0 Å². The number of hydrogen-bond donors (Lipinski definition) is 1. The van der Waals surface area contributed by atoms with Crippen molar-refractivity contribution in [1.82, 2.24) is 9.80 Å². The van der Waals surface area contributed by atoms with Gasteiger partial charge in [0.05, 0.1) is 6.10 Å². The monoisotopic (exact) mass is 226 g/mol. The third-order valence-electron chi connectivity index (χ3n) is 4.29. The lowest BCUT2D eigenvalue weighted by molar-refractivity contribution is 0.0330. The van der Waals surface area contributed by atoms with Crippen LogP contribution >= 0.6 is 0 Å². The van der Waals surface area contributed by atoms with Gasteiger partial charge >= 0.3 is 0 Å². The standard InChI is InChI=1S/C13H26N2O/c1-11(16)5-8-15-9-6-13-12(10-15)4-3-7-14(13)2/h11-13,16H,3-10H2,1-2H3. The van der Waals surface area contributed by atoms with E-state index < -0.39 is 0 Å². The molecule has 2 rings (SSSR count). The molecule has 0 aromatic heterocycles. The van der Waals surface area contributed by atoms with Gasteiger partial charge in [0, 0.05) is 19.1 Å². The second kappa shape index (κ2) is 5.48. The Hall–Kier alpha value is -0.120. The van der Waals surface area contributed by atoms with Crippen LogP contribution in [0.25, 0.3) is 0 Å². The third-order valence-corrected chi connectivity index (χ3v) is 4.29. The summed E-state index contributed by atoms with van der Waals surface area (Å²) in [5.74, 6) is 0.876. The minimum atomic E-state index is -0.147. The second-order valence-corrected chi connectivity index (χ2v) is 5.68. The predicted molar refractivity (Wildman–Crippen MR) is 66.5 cm³/mol. The summed E-state index contributed by atoms with van der Waals surface area (Å²) in [6.07, 6.45) is 4.86. The molecule has 3 unspecified atom stereocenters. The van der Waals surface area contributed by atoms with Crippen LogP contribution in [-0.4, -0.2) is 60.3 Å². The van der Waals surface area contributed by atoms with Gasteiger partial charge in [-0.3, -0.25) is 0 Å². The first-order valence-corrected chi connectivity index (χ1v) is 6.77. The Balaban J connectivity index is 1.80. The highest BCUT2D eigenvalue weighted by Crippen LogP contribution is 2.29. The number of aliphatic hydroxyl groups excluding tert-OH is 1. The van der Waals surface area contributed by atoms with Crippen LogP contribution in [-0.2, 0) is 0 Å². The lowest BCUT2D eigenvalue weighted by Gasteiger charge is -2.46. The van der Waals surface area contributed by atoms with Crippen molar-refractivity contribution in [3.63, 3.8) is 0 Å². The van der Waals surface area contributed by atoms with Gasteiger partial charge in [0.15, 0.2) is 0 Å². The zero-order chi connectivity index (χ0) is 11.5. The summed E-state index contributed by atoms with van der Waals surface area (Å²) in [5.41, 5.74) is 0. The Morgan fingerprint density at radius 3 is 2.88 bits per heavy atom. The third kappa shape index (κ3) is 2.96. The van der Waals surface area contributed by atoms with Crippen molar-refractivity contribution in [3.05, 3.63) is 0 Å². The fourth-order valence-corrected chi connectivity index (χ4v) is 3.30. The molecule has 0 aliphatic carbocycles. The Labute approximate surface area is 99.4 Å². The molecule has 0 amide bonds. The van der Waals surface area contributed by atoms with Gasteiger partial charge in [-0.1, -0.05) is 0 Å². The molecule has 0 bridgehead atoms. The smallest absolute Gasteiger partial charge is 0.0524 e. The van der Waals surface area contributed by atoms with E-state index in [9.17, 15) is 5.11 Å². The van der Waals surface area contributed by atoms with E-state index in [1.807, 2.05) is 6.92 Å². The Morgan fingerprint density at radius 1 is 1.31 bits per heavy atom. The molecule has 0 aromatic rings. The van der Waals surface area contributed by atoms with Crippen LogP contribution in [0.15, 0.2) is 0 Å². The Morgan fingerprint density at radius 2 is 2.12 bits per heavy atom. The van der Waals surface area contributed by atoms with Gasteiger partial charge in [-0.15, -0.1) is 0 Å². The minimum absolute atomic E-state index is 0.147. The van der Waals surface area contributed by atoms with E-state index >= 15 is 0 Å². The van der Waals surface area contributed by atoms with Gasteiger partial charge < -0.3 is 14.9 Å². The zero-order valence-corrected chi connectivity index (χ0v) is 10.7. The van der Waals surface area contributed by atoms with Crippen molar-refractivity contribution in [3.8, 4) is 0 Å². The lowest BCUT2D eigenvalue weighted by Crippen LogP contribution is -2.52. The van der Waals surface area contributed by atoms with Gasteiger partial charge in [0.25, 0.3) is 0 Å². The first kappa shape index (κ1) is 12.3. The normalized spacial score (nSPS) is 34.7. The van der Waals surface area contributed by atoms with Crippen molar-refractivity contribution in [2.45, 2.75) is 44.8 Å². The van der Waals surface area contributed by atoms with Crippen LogP contribution in [0.2, 0.25) is 0 Å². The van der Waals surface area contributed by atoms with Crippen molar-refractivity contribution in [2.75, 3.05) is 33.2 Å². The number of nitrogens with zero attached hydrogens (tertiary/aromatic N) is 2. The molecule has 2 heterocycles. The average Bonchev–Trinajstić information content (AvgIpc) is 2.26. The minimum Gasteiger partial charge on any atom is -0.393 e. The number of piperidine rings is 2. The van der Waals surface area contributed by atoms with Crippen molar-refractivity contribution < 1.29 is 5.11 Å². The SMILES string of the molecule is CC(O)CCN1CCC2C(CCCN2C)C1. The Kier molecular flexibility index (Phi) is 4.22. The van der Waals surface area contributed by atoms with E-state index in [0.29, 0.717) is 0 Å². The van der Waals surface area contributed by atoms with Gasteiger partial charge in [-0.2, -0.15) is 0 Å². The van der Waals surface area contributed by atoms with Crippen LogP contribution in [0.4, 0.5) is 0 Å². The molecule has 0 aromatic carbocycles. The Bertz CT molecular complexity index is 220. The highest BCUT2D eigenvalue weighted by molar-refractivity contribution is 4.89. The molecule has 0 spiro atoms. The number of rotatable bonds is 3. The molecule has 2 aliphatic heterocycles. The number of hydrogen-bond acceptors (Lipinski definition) is 3. The maximum Gasteiger partial charge on any atom is 0.0524 e. The number of fused-ring (bicyclic) bond motifs is 1. The van der Waals surface area contributed by atoms with Crippen molar-refractivity contribution in [1.29, 1.82) is 0 Å². The molecule has 94 valence electrons. The topological polar surface area (TPSA) is 26.7 Å². The van der Waals surface area contributed by atoms with Gasteiger partial charge in [0.2, 0.25) is 0 Å². The van der Waals surface area contributed by atoms with E-state index in [1.165, 1.54) is 38.9 Å². The highest BCUT2D eigenvalue weighted by atomic mass is 16.3. The molecular formula is C13H26N2O. The molecule has 0 saturated carbocycles. The lowest BCUT2D eigenvalue weighted by atomic mass is 9.84. The van der Waals surface area contributed by atoms with Crippen LogP contribution in [0.3, 0.4) is 0 Å². The molecule has 3 atom stereocenters. The first-order chi connectivity index (χ1) is 7.66. The van der Waals surface area contributed by atoms with Crippen LogP contribution in [0, 0.1) is 5.92 Å². The summed E-state index contributed by atoms with van der Waals surface area (Å²) in [4.78, 5) is 5.10. The van der Waals surface area contributed by atoms with Gasteiger partial charge in [-0.05, 0) is 58.7 Å². The van der Waals surface area contributed by atoms with E-state index in [2.05, 4.69) is 16.8 Å². The fourth-order valence-electron chi connectivity index (χ4n) is 3.30. The first-order valence-electron chi connectivity index (χ1n) is 6.77. The maximum absolute atomic E-state index is 9.32. The zero-order valence-electron chi connectivity index (χ0n) is 10.7. The van der Waals surface area contributed by atoms with Crippen LogP contribution in [0.1, 0.15) is 32.6 Å². The molecule has 2 saturated heterocycles. The summed E-state index contributed by atoms with van der Waals surface area (Å²) in [6.45, 7) is 6.72. The second-order valence-electron chi connectivity index (χ2n) is 5.68. The van der Waals surface area contributed by atoms with Crippen LogP contribution in [0.5, 0.6) is 0 Å². The highest BCUT2D eigenvalue weighted by Gasteiger charge is 2.33. The molecule has 1 N–H and O–H groups in total. The van der Waals surface area contributed by atoms with Crippen LogP contribution < -0.4 is 0 Å². The van der Waals surface area contributed by atoms with Gasteiger partial charge in [0.1, 0.15) is 0 Å². The van der Waals surface area contributed by atoms with E-state index in [-0.39, 0.29) is 6.10 Å². The predicted octanol–water partition coefficient (Wildman–Crippen LogP) is 1.17. The largest absolute Gasteiger partial charge is 0.393 e. The summed E-state index contributed by atoms with van der Waals surface area (Å²) >= 11 is 0. The molecular weight excluding hydrogens is 200 g/mol. The average molecular weight is 226 g/mol. The van der Waals surface area contributed by atoms with E-state index in [1.54, 1.807) is 0 Å². The van der Waals surface area contributed by atoms with Crippen molar-refractivity contribution >= 4 is 0 Å². The quantitative estimate of drug-likeness (QED) is 0.782. The summed E-state index contributed by atoms with van der Waals surface area (Å²) < 4.78 is 0. The molecule has 16 heavy (non-hydrogen) atoms. The van der Waals surface area contributed by atoms with E-state index in [4.69, 9.17) is 0 Å². The molecule has 2 aliphatic rings. The molecule has 0 radical (unpaired) electrons. The maximum atomic E-state index is 9.32. The van der Waals surface area contributed by atoms with Crippen molar-refractivity contribution in [2.24, 2.45) is 5.92 Å². The molecule has 3 heteroatoms. The summed E-state index contributed by atoms with van der Waals surface area (Å²) in [6, 6.07) is 0.830. The number of likely N-dealkylation sites (tertiary alicyclic amines) is 2. The summed E-state index contributed by atoms with van der Waals surface area (Å²) in [7, 11) is 2.28. The fraction of sp³-hybridized carbons (Fsp3) is 1.00. The molecule has 3 nitrogen and oxygen atoms in total. The van der Waals surface area contributed by atoms with E-state index in [0.717, 1.165) is 24.9 Å².